The van der Waals surface area contributed by atoms with E-state index >= 15 is 0 Å². The molecule has 0 bridgehead atoms. The van der Waals surface area contributed by atoms with Gasteiger partial charge in [0, 0.05) is 0 Å². The molecule has 0 fully saturated rings. The van der Waals surface area contributed by atoms with E-state index in [1.54, 1.807) is 0 Å². The molecule has 0 saturated carbocycles. The Morgan fingerprint density at radius 2 is 1.57 bits per heavy atom. The molecule has 0 unspecified atom stereocenters. The highest BCUT2D eigenvalue weighted by Crippen LogP contribution is 2.34. The molecule has 0 spiro atoms. The summed E-state index contributed by atoms with van der Waals surface area (Å²) in [6.07, 6.45) is 0. The Kier molecular flexibility index (Phi) is 1.92. The molecule has 0 radical (unpaired) electrons. The van der Waals surface area contributed by atoms with Crippen molar-refractivity contribution in [1.82, 2.24) is 0 Å². The lowest BCUT2D eigenvalue weighted by Crippen LogP contribution is -2.29. The highest BCUT2D eigenvalue weighted by Gasteiger charge is 2.18. The van der Waals surface area contributed by atoms with E-state index < -0.39 is 13.5 Å². The number of rotatable bonds is 1. The van der Waals surface area contributed by atoms with Crippen LogP contribution in [-0.2, 0) is 4.57 Å². The zero-order valence-corrected chi connectivity index (χ0v) is 4.38. The van der Waals surface area contributed by atoms with Crippen LogP contribution < -0.4 is 11.5 Å². The van der Waals surface area contributed by atoms with E-state index in [2.05, 4.69) is 11.5 Å². The van der Waals surface area contributed by atoms with Crippen molar-refractivity contribution in [2.45, 2.75) is 5.91 Å². The summed E-state index contributed by atoms with van der Waals surface area (Å²) in [7, 11) is -4.18. The Balaban J connectivity index is 3.80. The Morgan fingerprint density at radius 3 is 1.57 bits per heavy atom. The van der Waals surface area contributed by atoms with Crippen LogP contribution in [0.25, 0.3) is 0 Å². The second-order valence-corrected chi connectivity index (χ2v) is 2.85. The molecule has 0 aromatic rings. The third-order valence-corrected chi connectivity index (χ3v) is 1.17. The van der Waals surface area contributed by atoms with Gasteiger partial charge in [-0.3, -0.25) is 4.57 Å². The molecule has 6 heteroatoms. The highest BCUT2D eigenvalue weighted by atomic mass is 31.2. The van der Waals surface area contributed by atoms with Crippen LogP contribution in [0.4, 0.5) is 0 Å². The summed E-state index contributed by atoms with van der Waals surface area (Å²) >= 11 is 0. The maximum absolute atomic E-state index is 9.78. The smallest absolute Gasteiger partial charge is 0.322 e. The summed E-state index contributed by atoms with van der Waals surface area (Å²) < 4.78 is 9.78. The minimum Gasteiger partial charge on any atom is -0.322 e. The third-order valence-electron chi connectivity index (χ3n) is 0.388. The van der Waals surface area contributed by atoms with Gasteiger partial charge in [-0.2, -0.15) is 0 Å². The number of nitrogens with two attached hydrogens (primary N) is 2. The SMILES string of the molecule is NC(N)P(=O)(O)O. The molecular formula is CH7N2O3P. The molecule has 0 aliphatic heterocycles. The van der Waals surface area contributed by atoms with Gasteiger partial charge in [-0.05, 0) is 0 Å². The minimum atomic E-state index is -4.18. The van der Waals surface area contributed by atoms with E-state index in [0.717, 1.165) is 0 Å². The largest absolute Gasteiger partial charge is 0.356 e. The fraction of sp³-hybridized carbons (Fsp3) is 1.00. The van der Waals surface area contributed by atoms with E-state index in [1.165, 1.54) is 0 Å². The monoisotopic (exact) mass is 126 g/mol. The van der Waals surface area contributed by atoms with Crippen molar-refractivity contribution >= 4 is 7.60 Å². The predicted octanol–water partition coefficient (Wildman–Crippen LogP) is -1.63. The first-order valence-electron chi connectivity index (χ1n) is 1.51. The lowest BCUT2D eigenvalue weighted by molar-refractivity contribution is 0.359. The highest BCUT2D eigenvalue weighted by molar-refractivity contribution is 7.52. The van der Waals surface area contributed by atoms with Crippen LogP contribution in [0.15, 0.2) is 0 Å². The fourth-order valence-electron chi connectivity index (χ4n) is 0. The standard InChI is InChI=1S/CH7N2O3P/c2-1(3)7(4,5)6/h1H,2-3H2,(H2,4,5,6). The van der Waals surface area contributed by atoms with Crippen molar-refractivity contribution in [1.29, 1.82) is 0 Å². The zero-order valence-electron chi connectivity index (χ0n) is 3.48. The molecular weight excluding hydrogens is 119 g/mol. The second kappa shape index (κ2) is 1.90. The first kappa shape index (κ1) is 7.07. The lowest BCUT2D eigenvalue weighted by atomic mass is 11.2. The Hall–Kier alpha value is 0.0700. The Bertz CT molecular complexity index is 95.1. The molecule has 0 rings (SSSR count). The van der Waals surface area contributed by atoms with Crippen molar-refractivity contribution < 1.29 is 14.4 Å². The molecule has 6 N–H and O–H groups in total. The Morgan fingerprint density at radius 1 is 1.43 bits per heavy atom. The molecule has 0 aliphatic carbocycles. The van der Waals surface area contributed by atoms with Crippen molar-refractivity contribution in [2.24, 2.45) is 11.5 Å². The van der Waals surface area contributed by atoms with Gasteiger partial charge in [0.25, 0.3) is 0 Å². The summed E-state index contributed by atoms with van der Waals surface area (Å²) in [6.45, 7) is 0. The molecule has 0 saturated heterocycles. The van der Waals surface area contributed by atoms with E-state index in [1.807, 2.05) is 0 Å². The molecule has 0 aliphatic rings. The molecule has 0 aromatic carbocycles. The molecule has 7 heavy (non-hydrogen) atoms. The summed E-state index contributed by atoms with van der Waals surface area (Å²) in [4.78, 5) is 15.9. The van der Waals surface area contributed by atoms with Crippen molar-refractivity contribution in [3.05, 3.63) is 0 Å². The fourth-order valence-corrected chi connectivity index (χ4v) is 0. The predicted molar refractivity (Wildman–Crippen MR) is 24.2 cm³/mol. The molecule has 0 aromatic heterocycles. The summed E-state index contributed by atoms with van der Waals surface area (Å²) in [5.74, 6) is -1.53. The maximum atomic E-state index is 9.78. The van der Waals surface area contributed by atoms with Gasteiger partial charge < -0.3 is 21.3 Å². The zero-order chi connectivity index (χ0) is 6.08. The second-order valence-electron chi connectivity index (χ2n) is 1.08. The average molecular weight is 126 g/mol. The molecule has 0 atom stereocenters. The number of hydrogen-bond donors (Lipinski definition) is 4. The van der Waals surface area contributed by atoms with E-state index in [0.29, 0.717) is 0 Å². The van der Waals surface area contributed by atoms with Gasteiger partial charge in [-0.15, -0.1) is 0 Å². The van der Waals surface area contributed by atoms with Crippen LogP contribution in [0.2, 0.25) is 0 Å². The van der Waals surface area contributed by atoms with Crippen LogP contribution in [0.3, 0.4) is 0 Å². The third kappa shape index (κ3) is 2.73. The van der Waals surface area contributed by atoms with Crippen LogP contribution in [0.1, 0.15) is 0 Å². The minimum absolute atomic E-state index is 1.53. The maximum Gasteiger partial charge on any atom is 0.356 e. The van der Waals surface area contributed by atoms with Crippen LogP contribution in [0, 0.1) is 0 Å². The first-order chi connectivity index (χ1) is 2.94. The van der Waals surface area contributed by atoms with Crippen LogP contribution in [-0.4, -0.2) is 15.7 Å². The van der Waals surface area contributed by atoms with Gasteiger partial charge >= 0.3 is 7.60 Å². The molecule has 44 valence electrons. The Labute approximate surface area is 40.5 Å². The van der Waals surface area contributed by atoms with Gasteiger partial charge in [-0.25, -0.2) is 0 Å². The summed E-state index contributed by atoms with van der Waals surface area (Å²) in [5, 5.41) is 0. The normalized spacial score (nSPS) is 12.7. The van der Waals surface area contributed by atoms with Gasteiger partial charge in [0.15, 0.2) is 5.91 Å². The summed E-state index contributed by atoms with van der Waals surface area (Å²) in [6, 6.07) is 0. The average Bonchev–Trinajstić information content (AvgIpc) is 1.31. The van der Waals surface area contributed by atoms with Gasteiger partial charge in [0.1, 0.15) is 0 Å². The van der Waals surface area contributed by atoms with E-state index in [9.17, 15) is 4.57 Å². The van der Waals surface area contributed by atoms with Gasteiger partial charge in [0.2, 0.25) is 0 Å². The van der Waals surface area contributed by atoms with Crippen molar-refractivity contribution in [3.8, 4) is 0 Å². The lowest BCUT2D eigenvalue weighted by Gasteiger charge is -2.04. The van der Waals surface area contributed by atoms with Crippen molar-refractivity contribution in [3.63, 3.8) is 0 Å². The van der Waals surface area contributed by atoms with Gasteiger partial charge in [0.05, 0.1) is 0 Å². The van der Waals surface area contributed by atoms with E-state index in [4.69, 9.17) is 9.79 Å². The van der Waals surface area contributed by atoms with Crippen LogP contribution in [0.5, 0.6) is 0 Å². The van der Waals surface area contributed by atoms with Crippen LogP contribution >= 0.6 is 7.60 Å². The summed E-state index contributed by atoms with van der Waals surface area (Å²) in [5.41, 5.74) is 9.17. The van der Waals surface area contributed by atoms with Gasteiger partial charge in [-0.1, -0.05) is 0 Å². The van der Waals surface area contributed by atoms with E-state index in [-0.39, 0.29) is 0 Å². The first-order valence-corrected chi connectivity index (χ1v) is 3.19. The quantitative estimate of drug-likeness (QED) is 0.249. The molecule has 5 nitrogen and oxygen atoms in total. The van der Waals surface area contributed by atoms with Crippen molar-refractivity contribution in [2.75, 3.05) is 0 Å². The number of hydrogen-bond acceptors (Lipinski definition) is 3. The molecule has 0 heterocycles. The topological polar surface area (TPSA) is 110 Å². The molecule has 0 amide bonds.